The summed E-state index contributed by atoms with van der Waals surface area (Å²) in [4.78, 5) is 26.6. The zero-order valence-corrected chi connectivity index (χ0v) is 14.6. The van der Waals surface area contributed by atoms with Gasteiger partial charge in [0.25, 0.3) is 5.91 Å². The van der Waals surface area contributed by atoms with E-state index in [4.69, 9.17) is 0 Å². The predicted octanol–water partition coefficient (Wildman–Crippen LogP) is 2.70. The SMILES string of the molecule is CC(C)C1C(=O)NC(C)(C)C(=O)N1c1ccc(F)cc1I. The van der Waals surface area contributed by atoms with Gasteiger partial charge in [0, 0.05) is 3.57 Å². The molecule has 0 aromatic heterocycles. The van der Waals surface area contributed by atoms with E-state index < -0.39 is 11.6 Å². The molecular weight excluding hydrogens is 386 g/mol. The highest BCUT2D eigenvalue weighted by Crippen LogP contribution is 2.32. The number of rotatable bonds is 2. The first-order chi connectivity index (χ1) is 9.65. The van der Waals surface area contributed by atoms with E-state index in [0.717, 1.165) is 0 Å². The van der Waals surface area contributed by atoms with Crippen molar-refractivity contribution in [3.63, 3.8) is 0 Å². The average Bonchev–Trinajstić information content (AvgIpc) is 2.33. The maximum Gasteiger partial charge on any atom is 0.252 e. The Labute approximate surface area is 137 Å². The fourth-order valence-corrected chi connectivity index (χ4v) is 3.25. The van der Waals surface area contributed by atoms with Crippen molar-refractivity contribution < 1.29 is 14.0 Å². The van der Waals surface area contributed by atoms with Crippen molar-refractivity contribution in [3.8, 4) is 0 Å². The van der Waals surface area contributed by atoms with Gasteiger partial charge in [-0.2, -0.15) is 0 Å². The van der Waals surface area contributed by atoms with Crippen LogP contribution in [0.15, 0.2) is 18.2 Å². The highest BCUT2D eigenvalue weighted by atomic mass is 127. The fourth-order valence-electron chi connectivity index (χ4n) is 2.52. The Morgan fingerprint density at radius 1 is 1.33 bits per heavy atom. The summed E-state index contributed by atoms with van der Waals surface area (Å²) in [5.41, 5.74) is -0.399. The maximum absolute atomic E-state index is 13.3. The number of nitrogens with one attached hydrogen (secondary N) is 1. The number of carbonyl (C=O) groups excluding carboxylic acids is 2. The van der Waals surface area contributed by atoms with Crippen molar-refractivity contribution in [1.29, 1.82) is 0 Å². The molecule has 0 saturated carbocycles. The molecule has 21 heavy (non-hydrogen) atoms. The third-order valence-corrected chi connectivity index (χ3v) is 4.40. The summed E-state index contributed by atoms with van der Waals surface area (Å²) in [5, 5.41) is 2.76. The molecule has 4 nitrogen and oxygen atoms in total. The second kappa shape index (κ2) is 5.55. The zero-order valence-electron chi connectivity index (χ0n) is 12.4. The molecule has 1 unspecified atom stereocenters. The minimum absolute atomic E-state index is 0.0501. The Morgan fingerprint density at radius 3 is 2.48 bits per heavy atom. The lowest BCUT2D eigenvalue weighted by Crippen LogP contribution is -2.69. The van der Waals surface area contributed by atoms with E-state index in [9.17, 15) is 14.0 Å². The van der Waals surface area contributed by atoms with Crippen molar-refractivity contribution in [2.24, 2.45) is 5.92 Å². The summed E-state index contributed by atoms with van der Waals surface area (Å²) in [6.45, 7) is 7.12. The van der Waals surface area contributed by atoms with Crippen LogP contribution < -0.4 is 10.2 Å². The van der Waals surface area contributed by atoms with Gasteiger partial charge in [-0.25, -0.2) is 4.39 Å². The van der Waals surface area contributed by atoms with Gasteiger partial charge in [-0.1, -0.05) is 13.8 Å². The molecule has 1 atom stereocenters. The Kier molecular flexibility index (Phi) is 4.28. The molecule has 6 heteroatoms. The van der Waals surface area contributed by atoms with Crippen molar-refractivity contribution in [2.45, 2.75) is 39.3 Å². The molecule has 1 heterocycles. The first-order valence-corrected chi connectivity index (χ1v) is 7.84. The van der Waals surface area contributed by atoms with E-state index in [1.165, 1.54) is 17.0 Å². The van der Waals surface area contributed by atoms with Gasteiger partial charge in [-0.3, -0.25) is 14.5 Å². The van der Waals surface area contributed by atoms with Crippen LogP contribution in [0.3, 0.4) is 0 Å². The van der Waals surface area contributed by atoms with E-state index in [-0.39, 0.29) is 23.5 Å². The van der Waals surface area contributed by atoms with Gasteiger partial charge in [0.2, 0.25) is 5.91 Å². The van der Waals surface area contributed by atoms with E-state index in [2.05, 4.69) is 5.32 Å². The Bertz CT molecular complexity index is 601. The highest BCUT2D eigenvalue weighted by Gasteiger charge is 2.47. The van der Waals surface area contributed by atoms with Gasteiger partial charge >= 0.3 is 0 Å². The second-order valence-electron chi connectivity index (χ2n) is 6.07. The number of nitrogens with zero attached hydrogens (tertiary/aromatic N) is 1. The number of amides is 2. The van der Waals surface area contributed by atoms with Gasteiger partial charge < -0.3 is 5.32 Å². The van der Waals surface area contributed by atoms with Gasteiger partial charge in [0.1, 0.15) is 17.4 Å². The van der Waals surface area contributed by atoms with Crippen molar-refractivity contribution >= 4 is 40.1 Å². The van der Waals surface area contributed by atoms with Crippen LogP contribution in [-0.2, 0) is 9.59 Å². The summed E-state index contributed by atoms with van der Waals surface area (Å²) in [7, 11) is 0. The van der Waals surface area contributed by atoms with Gasteiger partial charge in [-0.05, 0) is 60.6 Å². The second-order valence-corrected chi connectivity index (χ2v) is 7.24. The lowest BCUT2D eigenvalue weighted by Gasteiger charge is -2.44. The van der Waals surface area contributed by atoms with Crippen LogP contribution in [-0.4, -0.2) is 23.4 Å². The molecule has 0 bridgehead atoms. The predicted molar refractivity (Wildman–Crippen MR) is 87.5 cm³/mol. The fraction of sp³-hybridized carbons (Fsp3) is 0.467. The highest BCUT2D eigenvalue weighted by molar-refractivity contribution is 14.1. The molecule has 1 aromatic rings. The van der Waals surface area contributed by atoms with Crippen LogP contribution in [0.1, 0.15) is 27.7 Å². The summed E-state index contributed by atoms with van der Waals surface area (Å²) >= 11 is 1.99. The zero-order chi connectivity index (χ0) is 15.9. The van der Waals surface area contributed by atoms with Crippen LogP contribution in [0, 0.1) is 15.3 Å². The number of benzene rings is 1. The quantitative estimate of drug-likeness (QED) is 0.771. The molecule has 1 aliphatic rings. The summed E-state index contributed by atoms with van der Waals surface area (Å²) in [6.07, 6.45) is 0. The van der Waals surface area contributed by atoms with E-state index in [0.29, 0.717) is 9.26 Å². The van der Waals surface area contributed by atoms with Crippen LogP contribution in [0.4, 0.5) is 10.1 Å². The lowest BCUT2D eigenvalue weighted by molar-refractivity contribution is -0.138. The van der Waals surface area contributed by atoms with Crippen molar-refractivity contribution in [3.05, 3.63) is 27.6 Å². The lowest BCUT2D eigenvalue weighted by atomic mass is 9.91. The number of halogens is 2. The first kappa shape index (κ1) is 16.2. The normalized spacial score (nSPS) is 21.7. The van der Waals surface area contributed by atoms with E-state index >= 15 is 0 Å². The largest absolute Gasteiger partial charge is 0.340 e. The topological polar surface area (TPSA) is 49.4 Å². The number of hydrogen-bond acceptors (Lipinski definition) is 2. The smallest absolute Gasteiger partial charge is 0.252 e. The molecule has 2 rings (SSSR count). The molecule has 0 radical (unpaired) electrons. The van der Waals surface area contributed by atoms with Crippen LogP contribution >= 0.6 is 22.6 Å². The van der Waals surface area contributed by atoms with Crippen molar-refractivity contribution in [2.75, 3.05) is 4.90 Å². The molecule has 1 saturated heterocycles. The third-order valence-electron chi connectivity index (χ3n) is 3.54. The molecule has 1 N–H and O–H groups in total. The summed E-state index contributed by atoms with van der Waals surface area (Å²) < 4.78 is 13.9. The minimum atomic E-state index is -0.972. The summed E-state index contributed by atoms with van der Waals surface area (Å²) in [6, 6.07) is 3.63. The van der Waals surface area contributed by atoms with E-state index in [1.807, 2.05) is 36.4 Å². The van der Waals surface area contributed by atoms with Crippen LogP contribution in [0.25, 0.3) is 0 Å². The average molecular weight is 404 g/mol. The first-order valence-electron chi connectivity index (χ1n) is 6.76. The maximum atomic E-state index is 13.3. The standard InChI is InChI=1S/C15H18FIN2O2/c1-8(2)12-13(20)18-15(3,4)14(21)19(12)11-6-5-9(16)7-10(11)17/h5-8,12H,1-4H3,(H,18,20). The van der Waals surface area contributed by atoms with Crippen LogP contribution in [0.2, 0.25) is 0 Å². The minimum Gasteiger partial charge on any atom is -0.340 e. The number of anilines is 1. The molecule has 114 valence electrons. The Balaban J connectivity index is 2.58. The third kappa shape index (κ3) is 2.90. The molecule has 0 spiro atoms. The van der Waals surface area contributed by atoms with Gasteiger partial charge in [0.05, 0.1) is 5.69 Å². The summed E-state index contributed by atoms with van der Waals surface area (Å²) in [5.74, 6) is -0.789. The Morgan fingerprint density at radius 2 is 1.95 bits per heavy atom. The molecule has 0 aliphatic carbocycles. The number of carbonyl (C=O) groups is 2. The van der Waals surface area contributed by atoms with Crippen molar-refractivity contribution in [1.82, 2.24) is 5.32 Å². The van der Waals surface area contributed by atoms with Gasteiger partial charge in [0.15, 0.2) is 0 Å². The number of hydrogen-bond donors (Lipinski definition) is 1. The van der Waals surface area contributed by atoms with Crippen LogP contribution in [0.5, 0.6) is 0 Å². The molecular formula is C15H18FIN2O2. The molecule has 2 amide bonds. The number of piperazine rings is 1. The van der Waals surface area contributed by atoms with Gasteiger partial charge in [-0.15, -0.1) is 0 Å². The molecule has 1 aliphatic heterocycles. The Hall–Kier alpha value is -1.18. The molecule has 1 aromatic carbocycles. The monoisotopic (exact) mass is 404 g/mol. The molecule has 1 fully saturated rings. The van der Waals surface area contributed by atoms with E-state index in [1.54, 1.807) is 19.9 Å².